The maximum absolute atomic E-state index is 13.5. The molecule has 4 N–H and O–H groups in total. The highest BCUT2D eigenvalue weighted by Gasteiger charge is 2.40. The van der Waals surface area contributed by atoms with E-state index in [1.165, 1.54) is 7.05 Å². The van der Waals surface area contributed by atoms with Crippen molar-refractivity contribution in [3.8, 4) is 5.75 Å². The van der Waals surface area contributed by atoms with Crippen molar-refractivity contribution < 1.29 is 27.8 Å². The molecule has 1 aromatic rings. The number of amides is 2. The number of hydrogen-bond donors (Lipinski definition) is 2. The highest BCUT2D eigenvalue weighted by molar-refractivity contribution is 6.31. The van der Waals surface area contributed by atoms with Gasteiger partial charge in [0.2, 0.25) is 5.91 Å². The maximum Gasteiger partial charge on any atom is 0.410 e. The number of likely N-dealkylation sites (tertiary alicyclic amines) is 1. The zero-order chi connectivity index (χ0) is 27.7. The van der Waals surface area contributed by atoms with Crippen LogP contribution in [0.1, 0.15) is 57.7 Å². The Balaban J connectivity index is 2.05. The molecular weight excluding hydrogens is 508 g/mol. The van der Waals surface area contributed by atoms with Crippen LogP contribution in [0.4, 0.5) is 13.6 Å². The number of benzene rings is 1. The Labute approximate surface area is 221 Å². The second-order valence-electron chi connectivity index (χ2n) is 10.4. The van der Waals surface area contributed by atoms with Gasteiger partial charge >= 0.3 is 6.09 Å². The minimum atomic E-state index is -2.89. The van der Waals surface area contributed by atoms with Crippen LogP contribution in [0.15, 0.2) is 23.5 Å². The molecule has 2 amide bonds. The molecule has 0 bridgehead atoms. The Morgan fingerprint density at radius 2 is 1.97 bits per heavy atom. The molecule has 9 nitrogen and oxygen atoms in total. The zero-order valence-electron chi connectivity index (χ0n) is 21.9. The summed E-state index contributed by atoms with van der Waals surface area (Å²) in [4.78, 5) is 29.3. The number of halogens is 3. The summed E-state index contributed by atoms with van der Waals surface area (Å²) in [5, 5.41) is 1.24. The molecule has 1 fully saturated rings. The summed E-state index contributed by atoms with van der Waals surface area (Å²) in [6.45, 7) is 7.46. The fraction of sp³-hybridized carbons (Fsp3) is 0.600. The average Bonchev–Trinajstić information content (AvgIpc) is 3.09. The number of allylic oxidation sites excluding steroid dienone is 1. The number of carbonyl (C=O) groups is 2. The average molecular weight is 544 g/mol. The van der Waals surface area contributed by atoms with Crippen LogP contribution in [0, 0.1) is 0 Å². The van der Waals surface area contributed by atoms with E-state index in [4.69, 9.17) is 32.7 Å². The first kappa shape index (κ1) is 28.8. The van der Waals surface area contributed by atoms with Gasteiger partial charge in [0.15, 0.2) is 0 Å². The molecule has 0 aromatic heterocycles. The van der Waals surface area contributed by atoms with Crippen LogP contribution in [0.25, 0.3) is 0 Å². The van der Waals surface area contributed by atoms with Crippen molar-refractivity contribution in [1.29, 1.82) is 0 Å². The molecule has 3 rings (SSSR count). The second kappa shape index (κ2) is 11.3. The molecule has 1 saturated heterocycles. The summed E-state index contributed by atoms with van der Waals surface area (Å²) in [7, 11) is 1.27. The molecule has 2 aliphatic rings. The smallest absolute Gasteiger partial charge is 0.410 e. The zero-order valence-corrected chi connectivity index (χ0v) is 22.6. The quantitative estimate of drug-likeness (QED) is 0.397. The minimum Gasteiger partial charge on any atom is -0.487 e. The third kappa shape index (κ3) is 6.56. The van der Waals surface area contributed by atoms with Gasteiger partial charge in [-0.15, -0.1) is 0 Å². The first-order valence-electron chi connectivity index (χ1n) is 12.2. The molecule has 0 aliphatic carbocycles. The van der Waals surface area contributed by atoms with Crippen LogP contribution in [-0.4, -0.2) is 71.6 Å². The lowest BCUT2D eigenvalue weighted by Crippen LogP contribution is -2.48. The number of hydrazine groups is 1. The molecule has 0 unspecified atom stereocenters. The van der Waals surface area contributed by atoms with Crippen LogP contribution in [0.3, 0.4) is 0 Å². The van der Waals surface area contributed by atoms with E-state index in [-0.39, 0.29) is 30.8 Å². The van der Waals surface area contributed by atoms with E-state index in [0.29, 0.717) is 42.1 Å². The van der Waals surface area contributed by atoms with E-state index < -0.39 is 29.9 Å². The first-order valence-corrected chi connectivity index (χ1v) is 12.6. The number of carbonyl (C=O) groups excluding carboxylic acids is 2. The van der Waals surface area contributed by atoms with E-state index in [1.807, 2.05) is 6.92 Å². The third-order valence-electron chi connectivity index (χ3n) is 6.50. The van der Waals surface area contributed by atoms with E-state index in [1.54, 1.807) is 42.7 Å². The Kier molecular flexibility index (Phi) is 8.79. The number of nitrogens with zero attached hydrogens (tertiary/aromatic N) is 3. The van der Waals surface area contributed by atoms with E-state index in [2.05, 4.69) is 0 Å². The molecule has 0 spiro atoms. The largest absolute Gasteiger partial charge is 0.487 e. The summed E-state index contributed by atoms with van der Waals surface area (Å²) in [6.07, 6.45) is -1.86. The van der Waals surface area contributed by atoms with E-state index >= 15 is 0 Å². The predicted molar refractivity (Wildman–Crippen MR) is 136 cm³/mol. The van der Waals surface area contributed by atoms with Crippen LogP contribution in [-0.2, 0) is 16.0 Å². The van der Waals surface area contributed by atoms with Gasteiger partial charge in [0.1, 0.15) is 23.7 Å². The molecule has 12 heteroatoms. The monoisotopic (exact) mass is 543 g/mol. The van der Waals surface area contributed by atoms with Gasteiger partial charge in [-0.1, -0.05) is 11.6 Å². The molecule has 2 heterocycles. The van der Waals surface area contributed by atoms with Crippen LogP contribution < -0.4 is 16.3 Å². The van der Waals surface area contributed by atoms with Crippen LogP contribution >= 0.6 is 11.6 Å². The van der Waals surface area contributed by atoms with Crippen molar-refractivity contribution in [3.63, 3.8) is 0 Å². The van der Waals surface area contributed by atoms with Gasteiger partial charge in [0, 0.05) is 43.2 Å². The van der Waals surface area contributed by atoms with Crippen molar-refractivity contribution >= 4 is 23.6 Å². The highest BCUT2D eigenvalue weighted by atomic mass is 35.5. The summed E-state index contributed by atoms with van der Waals surface area (Å²) in [5.74, 6) is 5.85. The van der Waals surface area contributed by atoms with E-state index in [0.717, 1.165) is 10.6 Å². The number of nitrogens with two attached hydrogens (primary N) is 2. The van der Waals surface area contributed by atoms with Gasteiger partial charge in [0.05, 0.1) is 11.7 Å². The molecular formula is C25H36ClF2N5O4. The summed E-state index contributed by atoms with van der Waals surface area (Å²) in [5.41, 5.74) is 5.76. The van der Waals surface area contributed by atoms with Crippen molar-refractivity contribution in [2.75, 3.05) is 26.7 Å². The van der Waals surface area contributed by atoms with Crippen molar-refractivity contribution in [3.05, 3.63) is 39.7 Å². The Bertz CT molecular complexity index is 1050. The SMILES string of the molecule is C[C@@H]1CCC(=O)N1C[C@@H]1c2c(OC/C(N)=C(\C(F)F)N(C)N)ccc(Cl)c2CCN1C(=O)OC(C)(C)C. The van der Waals surface area contributed by atoms with Crippen molar-refractivity contribution in [2.45, 2.75) is 71.1 Å². The van der Waals surface area contributed by atoms with Gasteiger partial charge in [-0.2, -0.15) is 0 Å². The fourth-order valence-electron chi connectivity index (χ4n) is 4.73. The normalized spacial score (nSPS) is 20.6. The lowest BCUT2D eigenvalue weighted by atomic mass is 9.91. The Morgan fingerprint density at radius 3 is 2.51 bits per heavy atom. The minimum absolute atomic E-state index is 0.00538. The summed E-state index contributed by atoms with van der Waals surface area (Å²) in [6, 6.07) is 2.63. The first-order chi connectivity index (χ1) is 17.2. The van der Waals surface area contributed by atoms with Gasteiger partial charge in [-0.05, 0) is 58.2 Å². The molecule has 206 valence electrons. The topological polar surface area (TPSA) is 114 Å². The number of hydrogen-bond acceptors (Lipinski definition) is 7. The van der Waals surface area contributed by atoms with Gasteiger partial charge < -0.3 is 25.1 Å². The molecule has 0 saturated carbocycles. The number of ether oxygens (including phenoxy) is 2. The Morgan fingerprint density at radius 1 is 1.30 bits per heavy atom. The summed E-state index contributed by atoms with van der Waals surface area (Å²) >= 11 is 6.56. The lowest BCUT2D eigenvalue weighted by molar-refractivity contribution is -0.129. The number of alkyl halides is 2. The number of fused-ring (bicyclic) bond motifs is 1. The number of rotatable bonds is 7. The highest BCUT2D eigenvalue weighted by Crippen LogP contribution is 2.42. The van der Waals surface area contributed by atoms with E-state index in [9.17, 15) is 18.4 Å². The third-order valence-corrected chi connectivity index (χ3v) is 6.85. The lowest BCUT2D eigenvalue weighted by Gasteiger charge is -2.41. The van der Waals surface area contributed by atoms with Gasteiger partial charge in [0.25, 0.3) is 6.43 Å². The molecule has 37 heavy (non-hydrogen) atoms. The van der Waals surface area contributed by atoms with Gasteiger partial charge in [-0.25, -0.2) is 19.4 Å². The van der Waals surface area contributed by atoms with Crippen molar-refractivity contribution in [1.82, 2.24) is 14.8 Å². The van der Waals surface area contributed by atoms with Crippen molar-refractivity contribution in [2.24, 2.45) is 11.6 Å². The molecule has 2 atom stereocenters. The molecule has 0 radical (unpaired) electrons. The molecule has 2 aliphatic heterocycles. The maximum atomic E-state index is 13.5. The standard InChI is InChI=1S/C25H36ClF2N5O4/c1-14-6-9-20(34)33(14)12-18-21-15(10-11-32(18)24(35)37-25(2,3)4)16(26)7-8-19(21)36-13-17(29)22(23(27)28)31(5)30/h7-8,14,18,23H,6,9-13,29-30H2,1-5H3/b22-17-/t14-,18-/m1/s1. The second-order valence-corrected chi connectivity index (χ2v) is 10.8. The molecule has 1 aromatic carbocycles. The van der Waals surface area contributed by atoms with Crippen LogP contribution in [0.5, 0.6) is 5.75 Å². The van der Waals surface area contributed by atoms with Crippen LogP contribution in [0.2, 0.25) is 5.02 Å². The predicted octanol–water partition coefficient (Wildman–Crippen LogP) is 3.80. The Hall–Kier alpha value is -2.79. The fourth-order valence-corrected chi connectivity index (χ4v) is 4.99. The van der Waals surface area contributed by atoms with Gasteiger partial charge in [-0.3, -0.25) is 9.69 Å². The summed E-state index contributed by atoms with van der Waals surface area (Å²) < 4.78 is 38.5.